The monoisotopic (exact) mass is 299 g/mol. The lowest BCUT2D eigenvalue weighted by atomic mass is 9.96. The summed E-state index contributed by atoms with van der Waals surface area (Å²) in [5.41, 5.74) is 0.395. The van der Waals surface area contributed by atoms with Crippen LogP contribution in [0.15, 0.2) is 24.3 Å². The molecule has 20 heavy (non-hydrogen) atoms. The molecule has 3 atom stereocenters. The van der Waals surface area contributed by atoms with Gasteiger partial charge in [0.1, 0.15) is 5.82 Å². The first-order valence-electron chi connectivity index (χ1n) is 7.12. The maximum atomic E-state index is 13.7. The highest BCUT2D eigenvalue weighted by Crippen LogP contribution is 2.25. The molecular formula is C16H26FNOS. The van der Waals surface area contributed by atoms with Gasteiger partial charge in [-0.25, -0.2) is 4.39 Å². The number of rotatable bonds is 8. The topological polar surface area (TPSA) is 23.5 Å². The minimum absolute atomic E-state index is 0.00666. The van der Waals surface area contributed by atoms with Crippen molar-refractivity contribution in [2.45, 2.75) is 32.4 Å². The SMILES string of the molecule is CCC(CSC)N(C)CC(C)C(O)c1ccccc1F. The van der Waals surface area contributed by atoms with Gasteiger partial charge < -0.3 is 10.0 Å². The second-order valence-corrected chi connectivity index (χ2v) is 6.31. The van der Waals surface area contributed by atoms with Crippen molar-refractivity contribution in [3.63, 3.8) is 0 Å². The molecule has 1 rings (SSSR count). The minimum atomic E-state index is -0.759. The third-order valence-corrected chi connectivity index (χ3v) is 4.51. The van der Waals surface area contributed by atoms with Crippen LogP contribution in [0, 0.1) is 11.7 Å². The van der Waals surface area contributed by atoms with E-state index in [0.717, 1.165) is 18.7 Å². The van der Waals surface area contributed by atoms with Gasteiger partial charge in [-0.2, -0.15) is 11.8 Å². The van der Waals surface area contributed by atoms with E-state index in [1.54, 1.807) is 18.2 Å². The molecule has 0 saturated heterocycles. The zero-order valence-corrected chi connectivity index (χ0v) is 13.7. The third-order valence-electron chi connectivity index (χ3n) is 3.79. The smallest absolute Gasteiger partial charge is 0.129 e. The molecule has 114 valence electrons. The van der Waals surface area contributed by atoms with Crippen LogP contribution >= 0.6 is 11.8 Å². The molecule has 0 aliphatic carbocycles. The number of aliphatic hydroxyl groups is 1. The van der Waals surface area contributed by atoms with Gasteiger partial charge in [-0.15, -0.1) is 0 Å². The quantitative estimate of drug-likeness (QED) is 0.794. The Balaban J connectivity index is 2.66. The molecule has 0 heterocycles. The number of thioether (sulfide) groups is 1. The third kappa shape index (κ3) is 4.76. The maximum Gasteiger partial charge on any atom is 0.129 e. The Hall–Kier alpha value is -0.580. The van der Waals surface area contributed by atoms with Crippen molar-refractivity contribution in [2.75, 3.05) is 25.6 Å². The molecule has 0 aromatic heterocycles. The number of hydrogen-bond donors (Lipinski definition) is 1. The number of benzene rings is 1. The molecule has 2 nitrogen and oxygen atoms in total. The van der Waals surface area contributed by atoms with Gasteiger partial charge in [-0.05, 0) is 31.7 Å². The Morgan fingerprint density at radius 2 is 2.00 bits per heavy atom. The van der Waals surface area contributed by atoms with Gasteiger partial charge in [0.2, 0.25) is 0 Å². The number of hydrogen-bond acceptors (Lipinski definition) is 3. The summed E-state index contributed by atoms with van der Waals surface area (Å²) >= 11 is 1.83. The predicted octanol–water partition coefficient (Wildman–Crippen LogP) is 3.57. The molecule has 1 aromatic carbocycles. The zero-order valence-electron chi connectivity index (χ0n) is 12.8. The summed E-state index contributed by atoms with van der Waals surface area (Å²) in [4.78, 5) is 2.27. The molecule has 0 spiro atoms. The highest BCUT2D eigenvalue weighted by atomic mass is 32.2. The first-order chi connectivity index (χ1) is 9.51. The van der Waals surface area contributed by atoms with Gasteiger partial charge in [0, 0.05) is 23.9 Å². The number of nitrogens with zero attached hydrogens (tertiary/aromatic N) is 1. The van der Waals surface area contributed by atoms with Crippen molar-refractivity contribution in [1.82, 2.24) is 4.90 Å². The van der Waals surface area contributed by atoms with Crippen LogP contribution in [0.3, 0.4) is 0 Å². The van der Waals surface area contributed by atoms with Crippen molar-refractivity contribution in [3.8, 4) is 0 Å². The standard InChI is InChI=1S/C16H26FNOS/c1-5-13(11-20-4)18(3)10-12(2)16(19)14-8-6-7-9-15(14)17/h6-9,12-13,16,19H,5,10-11H2,1-4H3. The van der Waals surface area contributed by atoms with Crippen molar-refractivity contribution in [1.29, 1.82) is 0 Å². The summed E-state index contributed by atoms with van der Waals surface area (Å²) in [7, 11) is 2.08. The fraction of sp³-hybridized carbons (Fsp3) is 0.625. The van der Waals surface area contributed by atoms with Crippen LogP contribution in [0.4, 0.5) is 4.39 Å². The maximum absolute atomic E-state index is 13.7. The normalized spacial score (nSPS) is 16.1. The summed E-state index contributed by atoms with van der Waals surface area (Å²) in [5, 5.41) is 10.3. The van der Waals surface area contributed by atoms with E-state index in [-0.39, 0.29) is 11.7 Å². The van der Waals surface area contributed by atoms with E-state index in [1.165, 1.54) is 6.07 Å². The minimum Gasteiger partial charge on any atom is -0.388 e. The average Bonchev–Trinajstić information content (AvgIpc) is 2.44. The second kappa shape index (κ2) is 8.65. The molecule has 0 bridgehead atoms. The van der Waals surface area contributed by atoms with E-state index < -0.39 is 6.10 Å². The van der Waals surface area contributed by atoms with Gasteiger partial charge in [0.25, 0.3) is 0 Å². The average molecular weight is 299 g/mol. The van der Waals surface area contributed by atoms with Gasteiger partial charge in [0.05, 0.1) is 6.10 Å². The molecule has 0 aliphatic heterocycles. The summed E-state index contributed by atoms with van der Waals surface area (Å²) < 4.78 is 13.7. The highest BCUT2D eigenvalue weighted by molar-refractivity contribution is 7.98. The molecule has 0 aliphatic rings. The highest BCUT2D eigenvalue weighted by Gasteiger charge is 2.23. The lowest BCUT2D eigenvalue weighted by Gasteiger charge is -2.31. The first-order valence-corrected chi connectivity index (χ1v) is 8.52. The van der Waals surface area contributed by atoms with Crippen molar-refractivity contribution in [3.05, 3.63) is 35.6 Å². The van der Waals surface area contributed by atoms with Crippen LogP contribution < -0.4 is 0 Å². The van der Waals surface area contributed by atoms with Crippen molar-refractivity contribution in [2.24, 2.45) is 5.92 Å². The summed E-state index contributed by atoms with van der Waals surface area (Å²) in [6, 6.07) is 6.97. The molecule has 0 fully saturated rings. The van der Waals surface area contributed by atoms with Crippen LogP contribution in [0.2, 0.25) is 0 Å². The van der Waals surface area contributed by atoms with Gasteiger partial charge >= 0.3 is 0 Å². The van der Waals surface area contributed by atoms with Crippen molar-refractivity contribution >= 4 is 11.8 Å². The zero-order chi connectivity index (χ0) is 15.1. The molecule has 1 N–H and O–H groups in total. The Morgan fingerprint density at radius 1 is 1.35 bits per heavy atom. The number of halogens is 1. The molecule has 1 aromatic rings. The van der Waals surface area contributed by atoms with E-state index in [4.69, 9.17) is 0 Å². The van der Waals surface area contributed by atoms with Crippen LogP contribution in [0.1, 0.15) is 31.9 Å². The molecule has 0 radical (unpaired) electrons. The fourth-order valence-corrected chi connectivity index (χ4v) is 3.35. The molecule has 0 amide bonds. The Labute approximate surface area is 126 Å². The first kappa shape index (κ1) is 17.5. The summed E-state index contributed by atoms with van der Waals surface area (Å²) in [6.07, 6.45) is 2.43. The van der Waals surface area contributed by atoms with E-state index in [0.29, 0.717) is 11.6 Å². The van der Waals surface area contributed by atoms with Gasteiger partial charge in [-0.1, -0.05) is 32.0 Å². The second-order valence-electron chi connectivity index (χ2n) is 5.40. The van der Waals surface area contributed by atoms with Gasteiger partial charge in [-0.3, -0.25) is 0 Å². The molecule has 0 saturated carbocycles. The summed E-state index contributed by atoms with van der Waals surface area (Å²) in [5.74, 6) is 0.744. The van der Waals surface area contributed by atoms with Crippen LogP contribution in [0.5, 0.6) is 0 Å². The lowest BCUT2D eigenvalue weighted by molar-refractivity contribution is 0.0828. The van der Waals surface area contributed by atoms with E-state index >= 15 is 0 Å². The lowest BCUT2D eigenvalue weighted by Crippen LogP contribution is -2.37. The van der Waals surface area contributed by atoms with E-state index in [2.05, 4.69) is 25.1 Å². The summed E-state index contributed by atoms with van der Waals surface area (Å²) in [6.45, 7) is 4.91. The number of aliphatic hydroxyl groups excluding tert-OH is 1. The molecule has 3 unspecified atom stereocenters. The predicted molar refractivity (Wildman–Crippen MR) is 85.6 cm³/mol. The Kier molecular flexibility index (Phi) is 7.56. The van der Waals surface area contributed by atoms with Crippen LogP contribution in [0.25, 0.3) is 0 Å². The Morgan fingerprint density at radius 3 is 2.55 bits per heavy atom. The molecule has 4 heteroatoms. The largest absolute Gasteiger partial charge is 0.388 e. The Bertz CT molecular complexity index is 402. The van der Waals surface area contributed by atoms with Crippen LogP contribution in [-0.2, 0) is 0 Å². The van der Waals surface area contributed by atoms with E-state index in [9.17, 15) is 9.50 Å². The van der Waals surface area contributed by atoms with Crippen LogP contribution in [-0.4, -0.2) is 41.6 Å². The molecular weight excluding hydrogens is 273 g/mol. The van der Waals surface area contributed by atoms with E-state index in [1.807, 2.05) is 18.7 Å². The van der Waals surface area contributed by atoms with Crippen molar-refractivity contribution < 1.29 is 9.50 Å². The fourth-order valence-electron chi connectivity index (χ4n) is 2.47. The van der Waals surface area contributed by atoms with Gasteiger partial charge in [0.15, 0.2) is 0 Å².